The third-order valence-electron chi connectivity index (χ3n) is 2.36. The molecular formula is C18H46O4SiTi. The fraction of sp³-hybridized carbons (Fsp3) is 1.00. The minimum Gasteiger partial charge on any atom is -0.432 e. The summed E-state index contributed by atoms with van der Waals surface area (Å²) in [5.41, 5.74) is 0. The van der Waals surface area contributed by atoms with Crippen molar-refractivity contribution in [1.82, 2.24) is 0 Å². The van der Waals surface area contributed by atoms with E-state index in [2.05, 4.69) is 41.5 Å². The smallest absolute Gasteiger partial charge is 0.189 e. The Kier molecular flexibility index (Phi) is 38.8. The molecule has 24 heavy (non-hydrogen) atoms. The van der Waals surface area contributed by atoms with Gasteiger partial charge in [-0.05, 0) is 56.7 Å². The Morgan fingerprint density at radius 2 is 0.708 bits per heavy atom. The maximum absolute atomic E-state index is 10.7. The second-order valence-corrected chi connectivity index (χ2v) is 10.6. The average Bonchev–Trinajstić information content (AvgIpc) is 2.27. The molecule has 0 aliphatic rings. The van der Waals surface area contributed by atoms with Gasteiger partial charge in [0.25, 0.3) is 0 Å². The van der Waals surface area contributed by atoms with Crippen LogP contribution in [0.15, 0.2) is 0 Å². The predicted octanol–water partition coefficient (Wildman–Crippen LogP) is 3.89. The number of hydrogen-bond acceptors (Lipinski definition) is 4. The van der Waals surface area contributed by atoms with Gasteiger partial charge in [0.1, 0.15) is 0 Å². The molecule has 0 aromatic carbocycles. The van der Waals surface area contributed by atoms with Gasteiger partial charge >= 0.3 is 0 Å². The molecule has 0 saturated carbocycles. The minimum atomic E-state index is -1.94. The molecule has 0 unspecified atom stereocenters. The van der Waals surface area contributed by atoms with Gasteiger partial charge in [-0.15, -0.1) is 0 Å². The molecule has 0 rings (SSSR count). The van der Waals surface area contributed by atoms with Crippen molar-refractivity contribution in [3.63, 3.8) is 0 Å². The van der Waals surface area contributed by atoms with Crippen LogP contribution < -0.4 is 0 Å². The van der Waals surface area contributed by atoms with Crippen molar-refractivity contribution in [2.75, 3.05) is 19.8 Å². The van der Waals surface area contributed by atoms with Crippen LogP contribution in [0.3, 0.4) is 0 Å². The van der Waals surface area contributed by atoms with Gasteiger partial charge in [-0.25, -0.2) is 0 Å². The zero-order chi connectivity index (χ0) is 19.5. The Balaban J connectivity index is -0.000000100. The van der Waals surface area contributed by atoms with Gasteiger partial charge in [0.2, 0.25) is 0 Å². The van der Waals surface area contributed by atoms with E-state index < -0.39 is 8.32 Å². The molecular weight excluding hydrogens is 356 g/mol. The van der Waals surface area contributed by atoms with Crippen LogP contribution >= 0.6 is 0 Å². The molecule has 0 heterocycles. The Bertz CT molecular complexity index is 172. The van der Waals surface area contributed by atoms with E-state index in [-0.39, 0.29) is 41.5 Å². The number of aliphatic hydroxyl groups is 3. The van der Waals surface area contributed by atoms with E-state index in [1.807, 2.05) is 0 Å². The van der Waals surface area contributed by atoms with E-state index in [9.17, 15) is 4.80 Å². The maximum Gasteiger partial charge on any atom is 0.189 e. The molecule has 150 valence electrons. The third kappa shape index (κ3) is 43.4. The van der Waals surface area contributed by atoms with E-state index in [4.69, 9.17) is 15.3 Å². The van der Waals surface area contributed by atoms with Gasteiger partial charge in [0, 0.05) is 41.5 Å². The molecule has 0 amide bonds. The first-order chi connectivity index (χ1) is 10.5. The average molecular weight is 403 g/mol. The molecule has 0 aromatic heterocycles. The minimum absolute atomic E-state index is 0. The van der Waals surface area contributed by atoms with Crippen molar-refractivity contribution in [3.8, 4) is 0 Å². The maximum atomic E-state index is 10.7. The second-order valence-electron chi connectivity index (χ2n) is 6.97. The molecule has 0 bridgehead atoms. The normalized spacial score (nSPS) is 10.0. The van der Waals surface area contributed by atoms with Gasteiger partial charge in [0.05, 0.1) is 0 Å². The summed E-state index contributed by atoms with van der Waals surface area (Å²) < 4.78 is 0. The van der Waals surface area contributed by atoms with Crippen molar-refractivity contribution in [1.29, 1.82) is 0 Å². The van der Waals surface area contributed by atoms with Gasteiger partial charge in [-0.1, -0.05) is 41.5 Å². The fourth-order valence-electron chi connectivity index (χ4n) is 2.53. The summed E-state index contributed by atoms with van der Waals surface area (Å²) in [5, 5.41) is 22.7. The van der Waals surface area contributed by atoms with Crippen LogP contribution in [0.25, 0.3) is 0 Å². The second kappa shape index (κ2) is 26.0. The van der Waals surface area contributed by atoms with Crippen LogP contribution in [-0.4, -0.2) is 48.3 Å². The topological polar surface area (TPSA) is 80.9 Å². The molecule has 4 nitrogen and oxygen atoms in total. The molecule has 0 aliphatic carbocycles. The molecule has 0 saturated heterocycles. The van der Waals surface area contributed by atoms with Crippen LogP contribution in [0.2, 0.25) is 18.1 Å². The van der Waals surface area contributed by atoms with Crippen LogP contribution in [0.1, 0.15) is 62.3 Å². The van der Waals surface area contributed by atoms with E-state index in [0.29, 0.717) is 17.8 Å². The Labute approximate surface area is 168 Å². The monoisotopic (exact) mass is 402 g/mol. The molecule has 0 aromatic rings. The quantitative estimate of drug-likeness (QED) is 0.508. The fourth-order valence-corrected chi connectivity index (χ4v) is 7.59. The van der Waals surface area contributed by atoms with Crippen LogP contribution in [0.4, 0.5) is 0 Å². The van der Waals surface area contributed by atoms with Gasteiger partial charge in [-0.2, -0.15) is 0 Å². The largest absolute Gasteiger partial charge is 0.432 e. The first kappa shape index (κ1) is 35.8. The Morgan fingerprint density at radius 3 is 0.792 bits per heavy atom. The molecule has 4 N–H and O–H groups in total. The Morgan fingerprint density at radius 1 is 0.583 bits per heavy atom. The van der Waals surface area contributed by atoms with Gasteiger partial charge < -0.3 is 20.1 Å². The Hall–Kier alpha value is 0.771. The van der Waals surface area contributed by atoms with E-state index in [1.165, 1.54) is 0 Å². The van der Waals surface area contributed by atoms with Crippen molar-refractivity contribution < 1.29 is 41.8 Å². The SMILES string of the molecule is CC(C)C[Si](O)(CC(C)C)CC(C)C.CCO.CCO.CCO.[Ti]. The first-order valence-electron chi connectivity index (χ1n) is 9.04. The molecule has 0 radical (unpaired) electrons. The van der Waals surface area contributed by atoms with Crippen LogP contribution in [0, 0.1) is 17.8 Å². The van der Waals surface area contributed by atoms with Gasteiger partial charge in [-0.3, -0.25) is 0 Å². The summed E-state index contributed by atoms with van der Waals surface area (Å²) in [4.78, 5) is 10.7. The van der Waals surface area contributed by atoms with Crippen molar-refractivity contribution >= 4 is 8.32 Å². The van der Waals surface area contributed by atoms with E-state index in [0.717, 1.165) is 18.1 Å². The van der Waals surface area contributed by atoms with Crippen LogP contribution in [-0.2, 0) is 21.7 Å². The summed E-state index contributed by atoms with van der Waals surface area (Å²) >= 11 is 0. The molecule has 0 spiro atoms. The van der Waals surface area contributed by atoms with Gasteiger partial charge in [0.15, 0.2) is 8.32 Å². The zero-order valence-electron chi connectivity index (χ0n) is 17.8. The molecule has 6 heteroatoms. The summed E-state index contributed by atoms with van der Waals surface area (Å²) in [6.45, 7) is 19.1. The summed E-state index contributed by atoms with van der Waals surface area (Å²) in [6.07, 6.45) is 0. The predicted molar refractivity (Wildman–Crippen MR) is 105 cm³/mol. The molecule has 0 fully saturated rings. The summed E-state index contributed by atoms with van der Waals surface area (Å²) in [5.74, 6) is 1.93. The first-order valence-corrected chi connectivity index (χ1v) is 11.6. The zero-order valence-corrected chi connectivity index (χ0v) is 20.3. The molecule has 0 atom stereocenters. The number of rotatable bonds is 6. The summed E-state index contributed by atoms with van der Waals surface area (Å²) in [7, 11) is -1.94. The number of hydrogen-bond donors (Lipinski definition) is 4. The van der Waals surface area contributed by atoms with Crippen molar-refractivity contribution in [2.45, 2.75) is 80.4 Å². The molecule has 0 aliphatic heterocycles. The standard InChI is InChI=1S/C12H28OSi.3C2H6O.Ti/c1-10(2)7-14(13,8-11(3)4)9-12(5)6;3*1-2-3;/h10-13H,7-9H2,1-6H3;3*3H,2H2,1H3;. The van der Waals surface area contributed by atoms with Crippen molar-refractivity contribution in [3.05, 3.63) is 0 Å². The van der Waals surface area contributed by atoms with Crippen molar-refractivity contribution in [2.24, 2.45) is 17.8 Å². The third-order valence-corrected chi connectivity index (χ3v) is 7.09. The number of aliphatic hydroxyl groups excluding tert-OH is 3. The van der Waals surface area contributed by atoms with Crippen LogP contribution in [0.5, 0.6) is 0 Å². The summed E-state index contributed by atoms with van der Waals surface area (Å²) in [6, 6.07) is 3.22. The van der Waals surface area contributed by atoms with E-state index >= 15 is 0 Å². The van der Waals surface area contributed by atoms with E-state index in [1.54, 1.807) is 20.8 Å².